The van der Waals surface area contributed by atoms with Gasteiger partial charge in [-0.15, -0.1) is 0 Å². The first kappa shape index (κ1) is 11.3. The van der Waals surface area contributed by atoms with Crippen molar-refractivity contribution < 1.29 is 9.47 Å². The summed E-state index contributed by atoms with van der Waals surface area (Å²) in [4.78, 5) is 4.32. The van der Waals surface area contributed by atoms with Gasteiger partial charge in [0, 0.05) is 12.8 Å². The third-order valence-corrected chi connectivity index (χ3v) is 2.72. The molecular weight excluding hydrogens is 224 g/mol. The molecule has 1 aliphatic heterocycles. The third kappa shape index (κ3) is 2.68. The zero-order valence-corrected chi connectivity index (χ0v) is 9.70. The van der Waals surface area contributed by atoms with Crippen LogP contribution in [0.4, 0.5) is 0 Å². The molecule has 4 nitrogen and oxygen atoms in total. The number of nitrogens with two attached hydrogens (primary N) is 1. The van der Waals surface area contributed by atoms with Gasteiger partial charge >= 0.3 is 0 Å². The van der Waals surface area contributed by atoms with E-state index in [1.165, 1.54) is 0 Å². The molecule has 86 valence electrons. The van der Waals surface area contributed by atoms with Gasteiger partial charge < -0.3 is 15.2 Å². The number of pyridine rings is 1. The Morgan fingerprint density at radius 3 is 3.25 bits per heavy atom. The number of hydrogen-bond acceptors (Lipinski definition) is 4. The van der Waals surface area contributed by atoms with Crippen molar-refractivity contribution in [3.8, 4) is 5.75 Å². The van der Waals surface area contributed by atoms with E-state index in [4.69, 9.17) is 27.4 Å². The Hall–Kier alpha value is -1.20. The Morgan fingerprint density at radius 1 is 1.69 bits per heavy atom. The minimum Gasteiger partial charge on any atom is -0.489 e. The fourth-order valence-electron chi connectivity index (χ4n) is 1.66. The van der Waals surface area contributed by atoms with Gasteiger partial charge in [-0.25, -0.2) is 0 Å². The van der Waals surface area contributed by atoms with Gasteiger partial charge in [0.15, 0.2) is 0 Å². The molecule has 2 rings (SSSR count). The number of rotatable bonds is 4. The summed E-state index contributed by atoms with van der Waals surface area (Å²) >= 11 is 4.94. The van der Waals surface area contributed by atoms with Crippen molar-refractivity contribution in [3.05, 3.63) is 24.0 Å². The van der Waals surface area contributed by atoms with Crippen LogP contribution in [-0.4, -0.2) is 29.3 Å². The van der Waals surface area contributed by atoms with Crippen molar-refractivity contribution in [1.82, 2.24) is 4.98 Å². The molecule has 5 heteroatoms. The zero-order valence-electron chi connectivity index (χ0n) is 8.89. The number of ether oxygens (including phenoxy) is 2. The smallest absolute Gasteiger partial charge is 0.147 e. The van der Waals surface area contributed by atoms with Gasteiger partial charge in [0.1, 0.15) is 17.3 Å². The van der Waals surface area contributed by atoms with E-state index >= 15 is 0 Å². The summed E-state index contributed by atoms with van der Waals surface area (Å²) in [6.07, 6.45) is 5.60. The van der Waals surface area contributed by atoms with Gasteiger partial charge in [-0.1, -0.05) is 12.2 Å². The van der Waals surface area contributed by atoms with Crippen LogP contribution < -0.4 is 10.5 Å². The maximum Gasteiger partial charge on any atom is 0.147 e. The van der Waals surface area contributed by atoms with Crippen LogP contribution in [0.3, 0.4) is 0 Å². The predicted octanol–water partition coefficient (Wildman–Crippen LogP) is 1.27. The molecule has 1 aliphatic rings. The molecule has 1 fully saturated rings. The van der Waals surface area contributed by atoms with Crippen molar-refractivity contribution in [2.75, 3.05) is 13.2 Å². The third-order valence-electron chi connectivity index (χ3n) is 2.50. The first-order valence-electron chi connectivity index (χ1n) is 5.25. The first-order chi connectivity index (χ1) is 7.77. The monoisotopic (exact) mass is 238 g/mol. The Balaban J connectivity index is 2.00. The van der Waals surface area contributed by atoms with Crippen LogP contribution in [-0.2, 0) is 4.74 Å². The van der Waals surface area contributed by atoms with Gasteiger partial charge in [0.2, 0.25) is 0 Å². The van der Waals surface area contributed by atoms with Crippen LogP contribution >= 0.6 is 12.2 Å². The van der Waals surface area contributed by atoms with Crippen molar-refractivity contribution in [3.63, 3.8) is 0 Å². The lowest BCUT2D eigenvalue weighted by molar-refractivity contribution is 0.0678. The topological polar surface area (TPSA) is 57.4 Å². The summed E-state index contributed by atoms with van der Waals surface area (Å²) < 4.78 is 11.1. The molecule has 0 aromatic carbocycles. The van der Waals surface area contributed by atoms with Crippen molar-refractivity contribution >= 4 is 17.2 Å². The van der Waals surface area contributed by atoms with Crippen LogP contribution in [0.5, 0.6) is 5.75 Å². The largest absolute Gasteiger partial charge is 0.489 e. The normalized spacial score (nSPS) is 19.6. The Labute approximate surface area is 99.8 Å². The molecule has 1 saturated heterocycles. The van der Waals surface area contributed by atoms with Gasteiger partial charge in [0.05, 0.1) is 17.9 Å². The molecule has 2 heterocycles. The summed E-state index contributed by atoms with van der Waals surface area (Å²) in [5.41, 5.74) is 6.32. The summed E-state index contributed by atoms with van der Waals surface area (Å²) in [5, 5.41) is 0. The second-order valence-electron chi connectivity index (χ2n) is 3.68. The van der Waals surface area contributed by atoms with Crippen LogP contribution in [0.25, 0.3) is 0 Å². The summed E-state index contributed by atoms with van der Waals surface area (Å²) in [5.74, 6) is 0.630. The van der Waals surface area contributed by atoms with Crippen LogP contribution in [0.1, 0.15) is 18.4 Å². The highest BCUT2D eigenvalue weighted by Crippen LogP contribution is 2.19. The van der Waals surface area contributed by atoms with Crippen molar-refractivity contribution in [1.29, 1.82) is 0 Å². The summed E-state index contributed by atoms with van der Waals surface area (Å²) in [6.45, 7) is 1.35. The molecule has 1 aromatic heterocycles. The number of hydrogen-bond donors (Lipinski definition) is 1. The zero-order chi connectivity index (χ0) is 11.4. The van der Waals surface area contributed by atoms with Crippen molar-refractivity contribution in [2.24, 2.45) is 5.73 Å². The summed E-state index contributed by atoms with van der Waals surface area (Å²) in [7, 11) is 0. The quantitative estimate of drug-likeness (QED) is 0.801. The molecule has 1 aromatic rings. The molecular formula is C11H14N2O2S. The molecule has 1 unspecified atom stereocenters. The summed E-state index contributed by atoms with van der Waals surface area (Å²) in [6, 6.07) is 1.76. The Bertz CT molecular complexity index is 378. The van der Waals surface area contributed by atoms with Crippen LogP contribution in [0.2, 0.25) is 0 Å². The van der Waals surface area contributed by atoms with E-state index in [-0.39, 0.29) is 6.10 Å². The molecule has 0 radical (unpaired) electrons. The van der Waals surface area contributed by atoms with E-state index in [0.717, 1.165) is 25.0 Å². The second kappa shape index (κ2) is 5.23. The van der Waals surface area contributed by atoms with E-state index in [0.29, 0.717) is 17.3 Å². The fourth-order valence-corrected chi connectivity index (χ4v) is 1.83. The van der Waals surface area contributed by atoms with E-state index in [2.05, 4.69) is 4.98 Å². The molecule has 0 aliphatic carbocycles. The first-order valence-corrected chi connectivity index (χ1v) is 5.66. The average Bonchev–Trinajstić information content (AvgIpc) is 2.79. The lowest BCUT2D eigenvalue weighted by Gasteiger charge is -2.13. The van der Waals surface area contributed by atoms with Crippen molar-refractivity contribution in [2.45, 2.75) is 18.9 Å². The number of aromatic nitrogens is 1. The average molecular weight is 238 g/mol. The van der Waals surface area contributed by atoms with Gasteiger partial charge in [-0.2, -0.15) is 0 Å². The van der Waals surface area contributed by atoms with E-state index < -0.39 is 0 Å². The lowest BCUT2D eigenvalue weighted by atomic mass is 10.2. The highest BCUT2D eigenvalue weighted by Gasteiger charge is 2.17. The molecule has 0 amide bonds. The molecule has 2 N–H and O–H groups in total. The highest BCUT2D eigenvalue weighted by atomic mass is 32.1. The molecule has 16 heavy (non-hydrogen) atoms. The second-order valence-corrected chi connectivity index (χ2v) is 4.12. The Morgan fingerprint density at radius 2 is 2.56 bits per heavy atom. The predicted molar refractivity (Wildman–Crippen MR) is 64.6 cm³/mol. The van der Waals surface area contributed by atoms with Crippen LogP contribution in [0, 0.1) is 0 Å². The van der Waals surface area contributed by atoms with Gasteiger partial charge in [0.25, 0.3) is 0 Å². The molecule has 0 bridgehead atoms. The van der Waals surface area contributed by atoms with Gasteiger partial charge in [-0.3, -0.25) is 4.98 Å². The lowest BCUT2D eigenvalue weighted by Crippen LogP contribution is -2.18. The fraction of sp³-hybridized carbons (Fsp3) is 0.455. The number of nitrogens with zero attached hydrogens (tertiary/aromatic N) is 1. The Kier molecular flexibility index (Phi) is 3.69. The molecule has 1 atom stereocenters. The van der Waals surface area contributed by atoms with E-state index in [1.54, 1.807) is 18.5 Å². The van der Waals surface area contributed by atoms with E-state index in [1.807, 2.05) is 0 Å². The maximum atomic E-state index is 5.63. The minimum atomic E-state index is 0.180. The minimum absolute atomic E-state index is 0.180. The van der Waals surface area contributed by atoms with E-state index in [9.17, 15) is 0 Å². The molecule has 0 saturated carbocycles. The van der Waals surface area contributed by atoms with Crippen LogP contribution in [0.15, 0.2) is 18.5 Å². The standard InChI is InChI=1S/C11H14N2O2S/c12-11(16)9-3-4-13-6-10(9)15-7-8-2-1-5-14-8/h3-4,6,8H,1-2,5,7H2,(H2,12,16). The highest BCUT2D eigenvalue weighted by molar-refractivity contribution is 7.80. The maximum absolute atomic E-state index is 5.63. The number of thiocarbonyl (C=S) groups is 1. The van der Waals surface area contributed by atoms with Gasteiger partial charge in [-0.05, 0) is 18.9 Å². The molecule has 0 spiro atoms. The SMILES string of the molecule is NC(=S)c1ccncc1OCC1CCCO1.